The number of hydrogen-bond acceptors (Lipinski definition) is 4. The lowest BCUT2D eigenvalue weighted by molar-refractivity contribution is 0.0656. The zero-order chi connectivity index (χ0) is 21.7. The number of rotatable bonds is 7. The first-order valence-corrected chi connectivity index (χ1v) is 11.8. The van der Waals surface area contributed by atoms with Crippen molar-refractivity contribution in [3.05, 3.63) is 65.2 Å². The van der Waals surface area contributed by atoms with Gasteiger partial charge in [0, 0.05) is 24.7 Å². The molecule has 1 amide bonds. The molecule has 30 heavy (non-hydrogen) atoms. The van der Waals surface area contributed by atoms with E-state index in [-0.39, 0.29) is 18.1 Å². The first-order chi connectivity index (χ1) is 14.3. The van der Waals surface area contributed by atoms with Crippen LogP contribution >= 0.6 is 0 Å². The lowest BCUT2D eigenvalue weighted by Gasteiger charge is -2.31. The normalized spacial score (nSPS) is 16.0. The molecule has 162 valence electrons. The van der Waals surface area contributed by atoms with Crippen LogP contribution in [0.2, 0.25) is 0 Å². The first kappa shape index (κ1) is 22.5. The van der Waals surface area contributed by atoms with Crippen LogP contribution < -0.4 is 5.32 Å². The van der Waals surface area contributed by atoms with Crippen LogP contribution in [0.25, 0.3) is 0 Å². The summed E-state index contributed by atoms with van der Waals surface area (Å²) >= 11 is 0. The monoisotopic (exact) mass is 430 g/mol. The SMILES string of the molecule is Cc1ccc(S(=O)(=O)N2CCC(NC(=O)c3ccc(COC(C)C)cc3)CC2)cc1. The molecule has 1 fully saturated rings. The van der Waals surface area contributed by atoms with E-state index in [2.05, 4.69) is 5.32 Å². The number of carbonyl (C=O) groups is 1. The topological polar surface area (TPSA) is 75.7 Å². The highest BCUT2D eigenvalue weighted by Crippen LogP contribution is 2.21. The van der Waals surface area contributed by atoms with Crippen LogP contribution in [-0.4, -0.2) is 43.9 Å². The van der Waals surface area contributed by atoms with E-state index < -0.39 is 10.0 Å². The van der Waals surface area contributed by atoms with Gasteiger partial charge in [-0.1, -0.05) is 29.8 Å². The highest BCUT2D eigenvalue weighted by molar-refractivity contribution is 7.89. The van der Waals surface area contributed by atoms with Crippen LogP contribution in [0, 0.1) is 6.92 Å². The summed E-state index contributed by atoms with van der Waals surface area (Å²) in [6.07, 6.45) is 1.35. The minimum absolute atomic E-state index is 0.0362. The van der Waals surface area contributed by atoms with E-state index in [4.69, 9.17) is 4.74 Å². The predicted octanol–water partition coefficient (Wildman–Crippen LogP) is 3.50. The van der Waals surface area contributed by atoms with Crippen LogP contribution in [0.4, 0.5) is 0 Å². The molecule has 0 aliphatic carbocycles. The third kappa shape index (κ3) is 5.68. The Balaban J connectivity index is 1.53. The smallest absolute Gasteiger partial charge is 0.251 e. The molecule has 2 aromatic rings. The van der Waals surface area contributed by atoms with Gasteiger partial charge in [0.1, 0.15) is 0 Å². The molecule has 1 aliphatic heterocycles. The van der Waals surface area contributed by atoms with Crippen molar-refractivity contribution in [2.75, 3.05) is 13.1 Å². The van der Waals surface area contributed by atoms with E-state index in [0.717, 1.165) is 11.1 Å². The molecule has 0 bridgehead atoms. The van der Waals surface area contributed by atoms with Crippen molar-refractivity contribution < 1.29 is 17.9 Å². The molecule has 1 aliphatic rings. The molecule has 1 saturated heterocycles. The Morgan fingerprint density at radius 3 is 2.23 bits per heavy atom. The Morgan fingerprint density at radius 2 is 1.67 bits per heavy atom. The fourth-order valence-corrected chi connectivity index (χ4v) is 4.85. The maximum absolute atomic E-state index is 12.8. The number of aryl methyl sites for hydroxylation is 1. The number of benzene rings is 2. The number of nitrogens with one attached hydrogen (secondary N) is 1. The van der Waals surface area contributed by atoms with Crippen molar-refractivity contribution >= 4 is 15.9 Å². The van der Waals surface area contributed by atoms with Crippen LogP contribution in [0.15, 0.2) is 53.4 Å². The molecule has 0 atom stereocenters. The number of piperidine rings is 1. The minimum Gasteiger partial charge on any atom is -0.374 e. The third-order valence-corrected chi connectivity index (χ3v) is 7.16. The summed E-state index contributed by atoms with van der Waals surface area (Å²) in [6, 6.07) is 14.3. The first-order valence-electron chi connectivity index (χ1n) is 10.3. The molecule has 1 heterocycles. The highest BCUT2D eigenvalue weighted by atomic mass is 32.2. The van der Waals surface area contributed by atoms with Crippen molar-refractivity contribution in [1.82, 2.24) is 9.62 Å². The van der Waals surface area contributed by atoms with Gasteiger partial charge in [0.25, 0.3) is 5.91 Å². The molecular weight excluding hydrogens is 400 g/mol. The zero-order valence-electron chi connectivity index (χ0n) is 17.8. The second kappa shape index (κ2) is 9.73. The van der Waals surface area contributed by atoms with Crippen LogP contribution in [0.3, 0.4) is 0 Å². The lowest BCUT2D eigenvalue weighted by Crippen LogP contribution is -2.46. The summed E-state index contributed by atoms with van der Waals surface area (Å²) in [5.74, 6) is -0.133. The van der Waals surface area contributed by atoms with Crippen molar-refractivity contribution in [2.24, 2.45) is 0 Å². The van der Waals surface area contributed by atoms with E-state index >= 15 is 0 Å². The average molecular weight is 431 g/mol. The van der Waals surface area contributed by atoms with Crippen LogP contribution in [-0.2, 0) is 21.4 Å². The number of sulfonamides is 1. The molecule has 2 aromatic carbocycles. The summed E-state index contributed by atoms with van der Waals surface area (Å²) in [7, 11) is -3.49. The Hall–Kier alpha value is -2.22. The number of nitrogens with zero attached hydrogens (tertiary/aromatic N) is 1. The van der Waals surface area contributed by atoms with Gasteiger partial charge in [-0.05, 0) is 63.4 Å². The van der Waals surface area contributed by atoms with Gasteiger partial charge in [-0.25, -0.2) is 8.42 Å². The maximum atomic E-state index is 12.8. The fraction of sp³-hybridized carbons (Fsp3) is 0.435. The maximum Gasteiger partial charge on any atom is 0.251 e. The number of carbonyl (C=O) groups excluding carboxylic acids is 1. The highest BCUT2D eigenvalue weighted by Gasteiger charge is 2.30. The van der Waals surface area contributed by atoms with Gasteiger partial charge in [0.05, 0.1) is 17.6 Å². The second-order valence-corrected chi connectivity index (χ2v) is 9.96. The molecule has 0 radical (unpaired) electrons. The Kier molecular flexibility index (Phi) is 7.28. The summed E-state index contributed by atoms with van der Waals surface area (Å²) < 4.78 is 32.7. The predicted molar refractivity (Wildman–Crippen MR) is 117 cm³/mol. The average Bonchev–Trinajstić information content (AvgIpc) is 2.73. The summed E-state index contributed by atoms with van der Waals surface area (Å²) in [5, 5.41) is 3.03. The third-order valence-electron chi connectivity index (χ3n) is 5.25. The van der Waals surface area contributed by atoms with E-state index in [1.165, 1.54) is 4.31 Å². The fourth-order valence-electron chi connectivity index (χ4n) is 3.38. The van der Waals surface area contributed by atoms with Gasteiger partial charge < -0.3 is 10.1 Å². The Labute approximate surface area is 179 Å². The largest absolute Gasteiger partial charge is 0.374 e. The summed E-state index contributed by atoms with van der Waals surface area (Å²) in [5.41, 5.74) is 2.64. The summed E-state index contributed by atoms with van der Waals surface area (Å²) in [6.45, 7) is 7.21. The molecule has 0 aromatic heterocycles. The van der Waals surface area contributed by atoms with Gasteiger partial charge in [-0.2, -0.15) is 4.31 Å². The molecule has 1 N–H and O–H groups in total. The molecule has 0 spiro atoms. The number of amides is 1. The summed E-state index contributed by atoms with van der Waals surface area (Å²) in [4.78, 5) is 12.9. The molecule has 3 rings (SSSR count). The molecule has 6 nitrogen and oxygen atoms in total. The lowest BCUT2D eigenvalue weighted by atomic mass is 10.1. The van der Waals surface area contributed by atoms with Crippen LogP contribution in [0.1, 0.15) is 48.2 Å². The minimum atomic E-state index is -3.49. The Morgan fingerprint density at radius 1 is 1.07 bits per heavy atom. The van der Waals surface area contributed by atoms with Crippen LogP contribution in [0.5, 0.6) is 0 Å². The van der Waals surface area contributed by atoms with E-state index in [1.807, 2.05) is 32.9 Å². The number of ether oxygens (including phenoxy) is 1. The van der Waals surface area contributed by atoms with Gasteiger partial charge in [0.2, 0.25) is 10.0 Å². The standard InChI is InChI=1S/C23H30N2O4S/c1-17(2)29-16-19-6-8-20(9-7-19)23(26)24-21-12-14-25(15-13-21)30(27,28)22-10-4-18(3)5-11-22/h4-11,17,21H,12-16H2,1-3H3,(H,24,26). The quantitative estimate of drug-likeness (QED) is 0.729. The van der Waals surface area contributed by atoms with E-state index in [0.29, 0.717) is 43.0 Å². The van der Waals surface area contributed by atoms with E-state index in [9.17, 15) is 13.2 Å². The van der Waals surface area contributed by atoms with Crippen molar-refractivity contribution in [3.8, 4) is 0 Å². The number of hydrogen-bond donors (Lipinski definition) is 1. The van der Waals surface area contributed by atoms with Crippen molar-refractivity contribution in [3.63, 3.8) is 0 Å². The molecular formula is C23H30N2O4S. The van der Waals surface area contributed by atoms with Gasteiger partial charge >= 0.3 is 0 Å². The molecule has 7 heteroatoms. The van der Waals surface area contributed by atoms with Gasteiger partial charge in [-0.3, -0.25) is 4.79 Å². The molecule has 0 unspecified atom stereocenters. The second-order valence-electron chi connectivity index (χ2n) is 8.02. The van der Waals surface area contributed by atoms with Crippen molar-refractivity contribution in [2.45, 2.75) is 57.3 Å². The molecule has 0 saturated carbocycles. The van der Waals surface area contributed by atoms with Gasteiger partial charge in [-0.15, -0.1) is 0 Å². The van der Waals surface area contributed by atoms with Gasteiger partial charge in [0.15, 0.2) is 0 Å². The van der Waals surface area contributed by atoms with Crippen molar-refractivity contribution in [1.29, 1.82) is 0 Å². The van der Waals surface area contributed by atoms with E-state index in [1.54, 1.807) is 36.4 Å². The Bertz CT molecular complexity index is 946. The zero-order valence-corrected chi connectivity index (χ0v) is 18.6.